The second-order valence-corrected chi connectivity index (χ2v) is 7.21. The second kappa shape index (κ2) is 7.92. The van der Waals surface area contributed by atoms with E-state index in [1.54, 1.807) is 0 Å². The van der Waals surface area contributed by atoms with Gasteiger partial charge in [-0.25, -0.2) is 0 Å². The lowest BCUT2D eigenvalue weighted by Gasteiger charge is -2.50. The van der Waals surface area contributed by atoms with E-state index in [0.717, 1.165) is 5.56 Å². The largest absolute Gasteiger partial charge is 0.461 e. The van der Waals surface area contributed by atoms with E-state index in [4.69, 9.17) is 4.74 Å². The first-order valence-corrected chi connectivity index (χ1v) is 9.29. The van der Waals surface area contributed by atoms with E-state index in [1.807, 2.05) is 30.3 Å². The van der Waals surface area contributed by atoms with E-state index in [2.05, 4.69) is 5.32 Å². The SMILES string of the molecule is CC(=O)OCC1=C(CO)N2C(=O)[C@@H](NC(=O)Cc3ccccc3)[C@H]2SC1. The van der Waals surface area contributed by atoms with Crippen LogP contribution in [0.5, 0.6) is 0 Å². The van der Waals surface area contributed by atoms with Gasteiger partial charge < -0.3 is 15.2 Å². The lowest BCUT2D eigenvalue weighted by Crippen LogP contribution is -2.70. The minimum Gasteiger partial charge on any atom is -0.461 e. The Balaban J connectivity index is 1.63. The van der Waals surface area contributed by atoms with Gasteiger partial charge in [-0.2, -0.15) is 0 Å². The minimum absolute atomic E-state index is 0.0553. The molecule has 2 N–H and O–H groups in total. The predicted octanol–water partition coefficient (Wildman–Crippen LogP) is 0.438. The van der Waals surface area contributed by atoms with Crippen molar-refractivity contribution >= 4 is 29.5 Å². The van der Waals surface area contributed by atoms with Gasteiger partial charge in [0.1, 0.15) is 18.0 Å². The molecule has 1 aromatic carbocycles. The Morgan fingerprint density at radius 1 is 1.35 bits per heavy atom. The highest BCUT2D eigenvalue weighted by Crippen LogP contribution is 2.40. The van der Waals surface area contributed by atoms with Crippen LogP contribution in [0.25, 0.3) is 0 Å². The van der Waals surface area contributed by atoms with Gasteiger partial charge in [0.15, 0.2) is 0 Å². The van der Waals surface area contributed by atoms with Gasteiger partial charge in [0.25, 0.3) is 5.91 Å². The van der Waals surface area contributed by atoms with E-state index < -0.39 is 12.0 Å². The molecule has 8 heteroatoms. The second-order valence-electron chi connectivity index (χ2n) is 6.11. The number of benzene rings is 1. The Morgan fingerprint density at radius 2 is 2.08 bits per heavy atom. The number of carbonyl (C=O) groups is 3. The van der Waals surface area contributed by atoms with Crippen molar-refractivity contribution in [2.75, 3.05) is 19.0 Å². The molecule has 138 valence electrons. The molecule has 2 aliphatic rings. The van der Waals surface area contributed by atoms with Gasteiger partial charge in [-0.1, -0.05) is 30.3 Å². The molecule has 2 atom stereocenters. The molecule has 7 nitrogen and oxygen atoms in total. The summed E-state index contributed by atoms with van der Waals surface area (Å²) in [7, 11) is 0. The van der Waals surface area contributed by atoms with Gasteiger partial charge in [-0.3, -0.25) is 19.3 Å². The van der Waals surface area contributed by atoms with Crippen LogP contribution in [0.1, 0.15) is 12.5 Å². The molecule has 2 heterocycles. The normalized spacial score (nSPS) is 21.8. The first kappa shape index (κ1) is 18.5. The molecule has 0 saturated carbocycles. The number of rotatable bonds is 6. The number of nitrogens with zero attached hydrogens (tertiary/aromatic N) is 1. The van der Waals surface area contributed by atoms with Crippen LogP contribution in [-0.2, 0) is 25.5 Å². The molecule has 0 aromatic heterocycles. The molecule has 1 saturated heterocycles. The molecule has 0 radical (unpaired) electrons. The lowest BCUT2D eigenvalue weighted by molar-refractivity contribution is -0.146. The molecule has 1 fully saturated rings. The van der Waals surface area contributed by atoms with Gasteiger partial charge >= 0.3 is 5.97 Å². The number of nitrogens with one attached hydrogen (secondary N) is 1. The van der Waals surface area contributed by atoms with E-state index in [-0.39, 0.29) is 36.8 Å². The number of aliphatic hydroxyl groups excluding tert-OH is 1. The highest BCUT2D eigenvalue weighted by Gasteiger charge is 2.52. The van der Waals surface area contributed by atoms with Gasteiger partial charge in [0.2, 0.25) is 5.91 Å². The molecule has 0 spiro atoms. The number of thioether (sulfide) groups is 1. The predicted molar refractivity (Wildman–Crippen MR) is 95.9 cm³/mol. The van der Waals surface area contributed by atoms with Crippen LogP contribution in [0.3, 0.4) is 0 Å². The Morgan fingerprint density at radius 3 is 2.73 bits per heavy atom. The molecule has 26 heavy (non-hydrogen) atoms. The summed E-state index contributed by atoms with van der Waals surface area (Å²) < 4.78 is 4.99. The van der Waals surface area contributed by atoms with Crippen molar-refractivity contribution in [3.05, 3.63) is 47.2 Å². The van der Waals surface area contributed by atoms with E-state index in [9.17, 15) is 19.5 Å². The van der Waals surface area contributed by atoms with Crippen molar-refractivity contribution in [3.63, 3.8) is 0 Å². The first-order chi connectivity index (χ1) is 12.5. The monoisotopic (exact) mass is 376 g/mol. The molecule has 3 rings (SSSR count). The number of esters is 1. The zero-order valence-corrected chi connectivity index (χ0v) is 15.1. The maximum absolute atomic E-state index is 12.5. The molecule has 0 bridgehead atoms. The summed E-state index contributed by atoms with van der Waals surface area (Å²) in [6.07, 6.45) is 0.211. The minimum atomic E-state index is -0.604. The molecular weight excluding hydrogens is 356 g/mol. The van der Waals surface area contributed by atoms with Crippen molar-refractivity contribution in [2.45, 2.75) is 24.8 Å². The molecule has 0 aliphatic carbocycles. The smallest absolute Gasteiger partial charge is 0.302 e. The van der Waals surface area contributed by atoms with Crippen LogP contribution in [-0.4, -0.2) is 58.2 Å². The number of β-lactam (4-membered cyclic amide) rings is 1. The number of carbonyl (C=O) groups excluding carboxylic acids is 3. The zero-order chi connectivity index (χ0) is 18.7. The average molecular weight is 376 g/mol. The maximum Gasteiger partial charge on any atom is 0.302 e. The first-order valence-electron chi connectivity index (χ1n) is 8.24. The fourth-order valence-electron chi connectivity index (χ4n) is 3.00. The fourth-order valence-corrected chi connectivity index (χ4v) is 4.38. The highest BCUT2D eigenvalue weighted by atomic mass is 32.2. The van der Waals surface area contributed by atoms with Crippen molar-refractivity contribution in [1.29, 1.82) is 0 Å². The quantitative estimate of drug-likeness (QED) is 0.552. The Hall–Kier alpha value is -2.32. The number of hydrogen-bond donors (Lipinski definition) is 2. The van der Waals surface area contributed by atoms with Crippen molar-refractivity contribution in [2.24, 2.45) is 0 Å². The Kier molecular flexibility index (Phi) is 5.63. The molecule has 0 unspecified atom stereocenters. The van der Waals surface area contributed by atoms with E-state index in [1.165, 1.54) is 23.6 Å². The number of amides is 2. The number of aliphatic hydroxyl groups is 1. The fraction of sp³-hybridized carbons (Fsp3) is 0.389. The van der Waals surface area contributed by atoms with Gasteiger partial charge in [-0.15, -0.1) is 11.8 Å². The third-order valence-electron chi connectivity index (χ3n) is 4.29. The molecule has 1 aromatic rings. The summed E-state index contributed by atoms with van der Waals surface area (Å²) in [6.45, 7) is 1.05. The highest BCUT2D eigenvalue weighted by molar-refractivity contribution is 8.00. The molecule has 2 aliphatic heterocycles. The summed E-state index contributed by atoms with van der Waals surface area (Å²) >= 11 is 1.48. The van der Waals surface area contributed by atoms with Gasteiger partial charge in [-0.05, 0) is 11.1 Å². The van der Waals surface area contributed by atoms with E-state index in [0.29, 0.717) is 17.0 Å². The van der Waals surface area contributed by atoms with Crippen LogP contribution < -0.4 is 5.32 Å². The van der Waals surface area contributed by atoms with Crippen LogP contribution in [0.15, 0.2) is 41.6 Å². The molecule has 2 amide bonds. The Bertz CT molecular complexity index is 749. The van der Waals surface area contributed by atoms with Crippen LogP contribution in [0.2, 0.25) is 0 Å². The summed E-state index contributed by atoms with van der Waals surface area (Å²) in [5, 5.41) is 12.2. The van der Waals surface area contributed by atoms with Crippen molar-refractivity contribution < 1.29 is 24.2 Å². The summed E-state index contributed by atoms with van der Waals surface area (Å²) in [5.74, 6) is -0.353. The van der Waals surface area contributed by atoms with Gasteiger partial charge in [0, 0.05) is 12.7 Å². The summed E-state index contributed by atoms with van der Waals surface area (Å²) in [6, 6.07) is 8.71. The van der Waals surface area contributed by atoms with Crippen LogP contribution >= 0.6 is 11.8 Å². The lowest BCUT2D eigenvalue weighted by atomic mass is 10.0. The number of ether oxygens (including phenoxy) is 1. The van der Waals surface area contributed by atoms with Crippen molar-refractivity contribution in [1.82, 2.24) is 10.2 Å². The third-order valence-corrected chi connectivity index (χ3v) is 5.63. The van der Waals surface area contributed by atoms with Gasteiger partial charge in [0.05, 0.1) is 18.7 Å². The Labute approximate surface area is 155 Å². The van der Waals surface area contributed by atoms with Crippen LogP contribution in [0.4, 0.5) is 0 Å². The molecular formula is C18H20N2O5S. The maximum atomic E-state index is 12.5. The number of hydrogen-bond acceptors (Lipinski definition) is 6. The zero-order valence-electron chi connectivity index (χ0n) is 14.3. The standard InChI is InChI=1S/C18H20N2O5S/c1-11(22)25-9-13-10-26-18-16(17(24)20(18)14(13)8-21)19-15(23)7-12-5-3-2-4-6-12/h2-6,16,18,21H,7-10H2,1H3,(H,19,23)/t16-,18-/m1/s1. The summed E-state index contributed by atoms with van der Waals surface area (Å²) in [5.41, 5.74) is 2.06. The topological polar surface area (TPSA) is 95.9 Å². The number of fused-ring (bicyclic) bond motifs is 1. The van der Waals surface area contributed by atoms with Crippen molar-refractivity contribution in [3.8, 4) is 0 Å². The average Bonchev–Trinajstić information content (AvgIpc) is 2.64. The third kappa shape index (κ3) is 3.76. The van der Waals surface area contributed by atoms with Crippen LogP contribution in [0, 0.1) is 0 Å². The summed E-state index contributed by atoms with van der Waals surface area (Å²) in [4.78, 5) is 37.2. The van der Waals surface area contributed by atoms with E-state index >= 15 is 0 Å².